The van der Waals surface area contributed by atoms with Gasteiger partial charge in [0.25, 0.3) is 0 Å². The van der Waals surface area contributed by atoms with Crippen molar-refractivity contribution >= 4 is 42.4 Å². The van der Waals surface area contributed by atoms with Crippen molar-refractivity contribution in [1.29, 1.82) is 0 Å². The zero-order chi connectivity index (χ0) is 15.2. The van der Waals surface area contributed by atoms with E-state index in [-0.39, 0.29) is 0 Å². The van der Waals surface area contributed by atoms with Crippen molar-refractivity contribution in [1.82, 2.24) is 4.98 Å². The highest BCUT2D eigenvalue weighted by molar-refractivity contribution is 7.25. The molecule has 0 aliphatic carbocycles. The van der Waals surface area contributed by atoms with Gasteiger partial charge in [0.15, 0.2) is 0 Å². The molecule has 23 heavy (non-hydrogen) atoms. The average molecular weight is 311 g/mol. The molecule has 0 fully saturated rings. The van der Waals surface area contributed by atoms with Crippen LogP contribution in [0.25, 0.3) is 42.3 Å². The van der Waals surface area contributed by atoms with Crippen LogP contribution >= 0.6 is 11.3 Å². The van der Waals surface area contributed by atoms with Gasteiger partial charge >= 0.3 is 0 Å². The number of fused-ring (bicyclic) bond motifs is 4. The molecule has 0 saturated carbocycles. The van der Waals surface area contributed by atoms with Crippen LogP contribution in [-0.2, 0) is 0 Å². The minimum Gasteiger partial charge on any atom is -0.237 e. The van der Waals surface area contributed by atoms with Crippen LogP contribution in [0.4, 0.5) is 0 Å². The third-order valence-corrected chi connectivity index (χ3v) is 5.34. The van der Waals surface area contributed by atoms with Crippen molar-refractivity contribution in [2.45, 2.75) is 0 Å². The van der Waals surface area contributed by atoms with Crippen LogP contribution in [0.5, 0.6) is 0 Å². The molecular weight excluding hydrogens is 298 g/mol. The van der Waals surface area contributed by atoms with Crippen LogP contribution in [-0.4, -0.2) is 4.98 Å². The Kier molecular flexibility index (Phi) is 2.73. The highest BCUT2D eigenvalue weighted by Crippen LogP contribution is 2.36. The molecule has 5 rings (SSSR count). The molecule has 2 heteroatoms. The Labute approximate surface area is 137 Å². The van der Waals surface area contributed by atoms with Crippen LogP contribution in [0.15, 0.2) is 78.9 Å². The van der Waals surface area contributed by atoms with Gasteiger partial charge in [-0.3, -0.25) is 0 Å². The SMILES string of the molecule is c1ccc(-c2ccc3c(n2)sc2cc4ccccc4cc23)cc1. The Balaban J connectivity index is 1.80. The van der Waals surface area contributed by atoms with Crippen LogP contribution in [0, 0.1) is 0 Å². The van der Waals surface area contributed by atoms with E-state index in [4.69, 9.17) is 4.98 Å². The lowest BCUT2D eigenvalue weighted by atomic mass is 10.1. The summed E-state index contributed by atoms with van der Waals surface area (Å²) in [6.07, 6.45) is 0. The summed E-state index contributed by atoms with van der Waals surface area (Å²) in [5, 5.41) is 5.12. The lowest BCUT2D eigenvalue weighted by Gasteiger charge is -2.00. The van der Waals surface area contributed by atoms with Gasteiger partial charge in [-0.25, -0.2) is 4.98 Å². The van der Waals surface area contributed by atoms with Gasteiger partial charge in [0.2, 0.25) is 0 Å². The molecule has 0 spiro atoms. The fraction of sp³-hybridized carbons (Fsp3) is 0. The van der Waals surface area contributed by atoms with Gasteiger partial charge in [0.05, 0.1) is 5.69 Å². The van der Waals surface area contributed by atoms with E-state index < -0.39 is 0 Å². The van der Waals surface area contributed by atoms with E-state index >= 15 is 0 Å². The molecule has 108 valence electrons. The lowest BCUT2D eigenvalue weighted by Crippen LogP contribution is -1.81. The largest absolute Gasteiger partial charge is 0.237 e. The lowest BCUT2D eigenvalue weighted by molar-refractivity contribution is 1.43. The normalized spacial score (nSPS) is 11.5. The molecule has 2 aromatic heterocycles. The summed E-state index contributed by atoms with van der Waals surface area (Å²) in [4.78, 5) is 6.00. The highest BCUT2D eigenvalue weighted by atomic mass is 32.1. The van der Waals surface area contributed by atoms with Crippen molar-refractivity contribution < 1.29 is 0 Å². The predicted molar refractivity (Wildman–Crippen MR) is 100 cm³/mol. The van der Waals surface area contributed by atoms with Crippen molar-refractivity contribution in [3.63, 3.8) is 0 Å². The standard InChI is InChI=1S/C21H13NS/c1-2-6-14(7-3-1)19-11-10-17-18-12-15-8-4-5-9-16(15)13-20(18)23-21(17)22-19/h1-13H. The summed E-state index contributed by atoms with van der Waals surface area (Å²) in [5.74, 6) is 0. The molecule has 0 unspecified atom stereocenters. The number of thiophene rings is 1. The third kappa shape index (κ3) is 2.03. The van der Waals surface area contributed by atoms with Gasteiger partial charge in [0.1, 0.15) is 4.83 Å². The topological polar surface area (TPSA) is 12.9 Å². The van der Waals surface area contributed by atoms with Crippen LogP contribution < -0.4 is 0 Å². The molecule has 5 aromatic rings. The number of pyridine rings is 1. The number of hydrogen-bond acceptors (Lipinski definition) is 2. The second kappa shape index (κ2) is 4.90. The highest BCUT2D eigenvalue weighted by Gasteiger charge is 2.09. The van der Waals surface area contributed by atoms with Gasteiger partial charge in [0, 0.05) is 21.0 Å². The van der Waals surface area contributed by atoms with Gasteiger partial charge in [-0.1, -0.05) is 54.6 Å². The number of aromatic nitrogens is 1. The molecule has 1 nitrogen and oxygen atoms in total. The Hall–Kier alpha value is -2.71. The first-order valence-electron chi connectivity index (χ1n) is 7.66. The van der Waals surface area contributed by atoms with E-state index in [2.05, 4.69) is 72.8 Å². The second-order valence-corrected chi connectivity index (χ2v) is 6.74. The summed E-state index contributed by atoms with van der Waals surface area (Å²) < 4.78 is 1.30. The average Bonchev–Trinajstić information content (AvgIpc) is 2.97. The maximum Gasteiger partial charge on any atom is 0.125 e. The Bertz CT molecular complexity index is 1160. The van der Waals surface area contributed by atoms with Gasteiger partial charge in [-0.15, -0.1) is 11.3 Å². The third-order valence-electron chi connectivity index (χ3n) is 4.27. The van der Waals surface area contributed by atoms with E-state index in [0.717, 1.165) is 16.1 Å². The van der Waals surface area contributed by atoms with Gasteiger partial charge in [-0.05, 0) is 35.0 Å². The molecule has 0 radical (unpaired) electrons. The van der Waals surface area contributed by atoms with E-state index in [1.807, 2.05) is 6.07 Å². The molecular formula is C21H13NS. The summed E-state index contributed by atoms with van der Waals surface area (Å²) >= 11 is 1.77. The van der Waals surface area contributed by atoms with Crippen LogP contribution in [0.1, 0.15) is 0 Å². The summed E-state index contributed by atoms with van der Waals surface area (Å²) in [7, 11) is 0. The molecule has 0 N–H and O–H groups in total. The number of nitrogens with zero attached hydrogens (tertiary/aromatic N) is 1. The summed E-state index contributed by atoms with van der Waals surface area (Å²) in [6.45, 7) is 0. The number of rotatable bonds is 1. The monoisotopic (exact) mass is 311 g/mol. The molecule has 0 bridgehead atoms. The van der Waals surface area contributed by atoms with E-state index in [0.29, 0.717) is 0 Å². The first kappa shape index (κ1) is 12.8. The van der Waals surface area contributed by atoms with Gasteiger partial charge in [-0.2, -0.15) is 0 Å². The van der Waals surface area contributed by atoms with Crippen LogP contribution in [0.2, 0.25) is 0 Å². The zero-order valence-electron chi connectivity index (χ0n) is 12.4. The zero-order valence-corrected chi connectivity index (χ0v) is 13.2. The minimum absolute atomic E-state index is 1.04. The second-order valence-electron chi connectivity index (χ2n) is 5.71. The maximum atomic E-state index is 4.89. The maximum absolute atomic E-state index is 4.89. The van der Waals surface area contributed by atoms with Crippen LogP contribution in [0.3, 0.4) is 0 Å². The Morgan fingerprint density at radius 3 is 2.22 bits per heavy atom. The molecule has 0 saturated heterocycles. The molecule has 0 aliphatic heterocycles. The van der Waals surface area contributed by atoms with Crippen molar-refractivity contribution in [2.24, 2.45) is 0 Å². The summed E-state index contributed by atoms with van der Waals surface area (Å²) in [5.41, 5.74) is 2.20. The molecule has 3 aromatic carbocycles. The fourth-order valence-electron chi connectivity index (χ4n) is 3.11. The Morgan fingerprint density at radius 1 is 0.652 bits per heavy atom. The van der Waals surface area contributed by atoms with E-state index in [9.17, 15) is 0 Å². The van der Waals surface area contributed by atoms with Crippen molar-refractivity contribution in [2.75, 3.05) is 0 Å². The molecule has 0 amide bonds. The number of benzene rings is 3. The van der Waals surface area contributed by atoms with Gasteiger partial charge < -0.3 is 0 Å². The summed E-state index contributed by atoms with van der Waals surface area (Å²) in [6, 6.07) is 27.8. The quantitative estimate of drug-likeness (QED) is 0.355. The predicted octanol–water partition coefficient (Wildman–Crippen LogP) is 6.27. The Morgan fingerprint density at radius 2 is 1.39 bits per heavy atom. The molecule has 0 aliphatic rings. The van der Waals surface area contributed by atoms with E-state index in [1.165, 1.54) is 26.2 Å². The number of hydrogen-bond donors (Lipinski definition) is 0. The minimum atomic E-state index is 1.04. The molecule has 0 atom stereocenters. The van der Waals surface area contributed by atoms with E-state index in [1.54, 1.807) is 11.3 Å². The fourth-order valence-corrected chi connectivity index (χ4v) is 4.22. The van der Waals surface area contributed by atoms with Crippen molar-refractivity contribution in [3.8, 4) is 11.3 Å². The smallest absolute Gasteiger partial charge is 0.125 e. The van der Waals surface area contributed by atoms with Crippen molar-refractivity contribution in [3.05, 3.63) is 78.9 Å². The molecule has 2 heterocycles. The first-order valence-corrected chi connectivity index (χ1v) is 8.48. The first-order chi connectivity index (χ1) is 11.4.